The van der Waals surface area contributed by atoms with Crippen LogP contribution in [0.1, 0.15) is 10.4 Å². The molecular formula is C7H5ClNaO3. The normalized spacial score (nSPS) is 8.50. The summed E-state index contributed by atoms with van der Waals surface area (Å²) in [6.07, 6.45) is 0. The van der Waals surface area contributed by atoms with E-state index in [1.807, 2.05) is 0 Å². The van der Waals surface area contributed by atoms with Crippen LogP contribution in [0.15, 0.2) is 24.3 Å². The fraction of sp³-hybridized carbons (Fsp3) is 0. The number of rotatable bonds is 1. The first-order valence-corrected chi connectivity index (χ1v) is 3.23. The van der Waals surface area contributed by atoms with Gasteiger partial charge in [-0.25, -0.2) is 4.79 Å². The second kappa shape index (κ2) is 5.56. The number of hydrogen-bond acceptors (Lipinski definition) is 3. The summed E-state index contributed by atoms with van der Waals surface area (Å²) in [6, 6.07) is 6.11. The molecule has 1 aromatic carbocycles. The van der Waals surface area contributed by atoms with Gasteiger partial charge in [0.05, 0.1) is 5.56 Å². The van der Waals surface area contributed by atoms with Crippen molar-refractivity contribution in [1.82, 2.24) is 0 Å². The Bertz CT molecular complexity index is 277. The molecule has 3 nitrogen and oxygen atoms in total. The van der Waals surface area contributed by atoms with Crippen molar-refractivity contribution in [2.24, 2.45) is 0 Å². The van der Waals surface area contributed by atoms with Crippen LogP contribution in [0.2, 0.25) is 5.02 Å². The maximum Gasteiger partial charge on any atom is 0.372 e. The molecule has 1 rings (SSSR count). The zero-order valence-corrected chi connectivity index (χ0v) is 9.21. The molecule has 0 amide bonds. The fourth-order valence-electron chi connectivity index (χ4n) is 0.668. The van der Waals surface area contributed by atoms with Crippen molar-refractivity contribution < 1.29 is 14.9 Å². The van der Waals surface area contributed by atoms with Crippen molar-refractivity contribution >= 4 is 47.1 Å². The Morgan fingerprint density at radius 2 is 2.17 bits per heavy atom. The molecule has 0 saturated carbocycles. The maximum atomic E-state index is 10.6. The van der Waals surface area contributed by atoms with Gasteiger partial charge in [-0.3, -0.25) is 4.89 Å². The molecule has 1 N–H and O–H groups in total. The molecule has 5 heteroatoms. The zero-order valence-electron chi connectivity index (χ0n) is 6.45. The summed E-state index contributed by atoms with van der Waals surface area (Å²) in [5.74, 6) is -0.813. The quantitative estimate of drug-likeness (QED) is 0.421. The van der Waals surface area contributed by atoms with Gasteiger partial charge in [-0.2, -0.15) is 5.26 Å². The van der Waals surface area contributed by atoms with Crippen LogP contribution >= 0.6 is 11.6 Å². The summed E-state index contributed by atoms with van der Waals surface area (Å²) in [5, 5.41) is 8.41. The summed E-state index contributed by atoms with van der Waals surface area (Å²) in [4.78, 5) is 14.1. The van der Waals surface area contributed by atoms with Crippen LogP contribution in [0.3, 0.4) is 0 Å². The van der Waals surface area contributed by atoms with Gasteiger partial charge in [0.1, 0.15) is 0 Å². The minimum atomic E-state index is -0.813. The monoisotopic (exact) mass is 195 g/mol. The van der Waals surface area contributed by atoms with Crippen LogP contribution < -0.4 is 0 Å². The number of benzene rings is 1. The molecule has 0 saturated heterocycles. The van der Waals surface area contributed by atoms with Crippen molar-refractivity contribution in [2.45, 2.75) is 0 Å². The Labute approximate surface area is 96.5 Å². The Morgan fingerprint density at radius 3 is 2.67 bits per heavy atom. The SMILES string of the molecule is O=C(OO)c1cccc(Cl)c1.[Na]. The van der Waals surface area contributed by atoms with Crippen molar-refractivity contribution in [3.8, 4) is 0 Å². The van der Waals surface area contributed by atoms with E-state index in [1.54, 1.807) is 12.1 Å². The van der Waals surface area contributed by atoms with Crippen LogP contribution in [0.4, 0.5) is 0 Å². The van der Waals surface area contributed by atoms with Crippen LogP contribution in [0.5, 0.6) is 0 Å². The molecule has 0 atom stereocenters. The van der Waals surface area contributed by atoms with Gasteiger partial charge in [-0.1, -0.05) is 17.7 Å². The third kappa shape index (κ3) is 3.13. The van der Waals surface area contributed by atoms with Gasteiger partial charge < -0.3 is 0 Å². The standard InChI is InChI=1S/C7H5ClO3.Na/c8-6-3-1-2-5(4-6)7(9)11-10;/h1-4,10H;. The first kappa shape index (κ1) is 11.9. The largest absolute Gasteiger partial charge is 0.372 e. The van der Waals surface area contributed by atoms with Crippen molar-refractivity contribution in [2.75, 3.05) is 0 Å². The van der Waals surface area contributed by atoms with Gasteiger partial charge in [0.2, 0.25) is 0 Å². The van der Waals surface area contributed by atoms with E-state index in [0.29, 0.717) is 5.02 Å². The van der Waals surface area contributed by atoms with E-state index in [4.69, 9.17) is 16.9 Å². The van der Waals surface area contributed by atoms with E-state index >= 15 is 0 Å². The zero-order chi connectivity index (χ0) is 8.27. The van der Waals surface area contributed by atoms with Gasteiger partial charge >= 0.3 is 5.97 Å². The van der Waals surface area contributed by atoms with Gasteiger partial charge in [-0.15, -0.1) is 0 Å². The summed E-state index contributed by atoms with van der Waals surface area (Å²) in [6.45, 7) is 0. The van der Waals surface area contributed by atoms with E-state index in [0.717, 1.165) is 0 Å². The fourth-order valence-corrected chi connectivity index (χ4v) is 0.858. The summed E-state index contributed by atoms with van der Waals surface area (Å²) in [5.41, 5.74) is 0.222. The van der Waals surface area contributed by atoms with Crippen LogP contribution in [-0.4, -0.2) is 40.8 Å². The minimum Gasteiger partial charge on any atom is -0.296 e. The third-order valence-corrected chi connectivity index (χ3v) is 1.38. The molecule has 0 aromatic heterocycles. The molecular weight excluding hydrogens is 191 g/mol. The Morgan fingerprint density at radius 1 is 1.50 bits per heavy atom. The predicted molar refractivity (Wildman–Crippen MR) is 45.3 cm³/mol. The molecule has 0 aliphatic heterocycles. The molecule has 0 heterocycles. The topological polar surface area (TPSA) is 46.5 Å². The number of carbonyl (C=O) groups is 1. The summed E-state index contributed by atoms with van der Waals surface area (Å²) >= 11 is 5.56. The Kier molecular flexibility index (Phi) is 5.53. The van der Waals surface area contributed by atoms with E-state index in [1.165, 1.54) is 12.1 Å². The number of halogens is 1. The second-order valence-electron chi connectivity index (χ2n) is 1.89. The Hall–Kier alpha value is -0.0600. The first-order valence-electron chi connectivity index (χ1n) is 2.85. The van der Waals surface area contributed by atoms with E-state index in [9.17, 15) is 4.79 Å². The maximum absolute atomic E-state index is 10.6. The first-order chi connectivity index (χ1) is 5.24. The van der Waals surface area contributed by atoms with E-state index in [-0.39, 0.29) is 35.1 Å². The summed E-state index contributed by atoms with van der Waals surface area (Å²) in [7, 11) is 0. The summed E-state index contributed by atoms with van der Waals surface area (Å²) < 4.78 is 0. The van der Waals surface area contributed by atoms with Gasteiger partial charge in [0, 0.05) is 34.6 Å². The Balaban J connectivity index is 0.00000121. The molecule has 59 valence electrons. The van der Waals surface area contributed by atoms with Crippen LogP contribution in [-0.2, 0) is 4.89 Å². The van der Waals surface area contributed by atoms with Crippen molar-refractivity contribution in [1.29, 1.82) is 0 Å². The third-order valence-electron chi connectivity index (χ3n) is 1.14. The number of carbonyl (C=O) groups excluding carboxylic acids is 1. The van der Waals surface area contributed by atoms with E-state index < -0.39 is 5.97 Å². The number of hydrogen-bond donors (Lipinski definition) is 1. The van der Waals surface area contributed by atoms with Crippen molar-refractivity contribution in [3.05, 3.63) is 34.9 Å². The van der Waals surface area contributed by atoms with Gasteiger partial charge in [-0.05, 0) is 18.2 Å². The average Bonchev–Trinajstić information content (AvgIpc) is 2.03. The minimum absolute atomic E-state index is 0. The van der Waals surface area contributed by atoms with Gasteiger partial charge in [0.25, 0.3) is 0 Å². The molecule has 0 fully saturated rings. The molecule has 12 heavy (non-hydrogen) atoms. The molecule has 1 aromatic rings. The predicted octanol–water partition coefficient (Wildman–Crippen LogP) is 1.59. The van der Waals surface area contributed by atoms with E-state index in [2.05, 4.69) is 4.89 Å². The molecule has 0 aliphatic carbocycles. The van der Waals surface area contributed by atoms with Crippen LogP contribution in [0, 0.1) is 0 Å². The van der Waals surface area contributed by atoms with Gasteiger partial charge in [0.15, 0.2) is 0 Å². The molecule has 0 aliphatic rings. The van der Waals surface area contributed by atoms with Crippen molar-refractivity contribution in [3.63, 3.8) is 0 Å². The average molecular weight is 196 g/mol. The molecule has 1 radical (unpaired) electrons. The molecule has 0 unspecified atom stereocenters. The van der Waals surface area contributed by atoms with Crippen LogP contribution in [0.25, 0.3) is 0 Å². The molecule has 0 spiro atoms. The second-order valence-corrected chi connectivity index (χ2v) is 2.33. The smallest absolute Gasteiger partial charge is 0.296 e. The molecule has 0 bridgehead atoms.